The van der Waals surface area contributed by atoms with E-state index in [1.165, 1.54) is 5.56 Å². The number of rotatable bonds is 4. The number of carbonyl (C=O) groups is 1. The van der Waals surface area contributed by atoms with E-state index in [0.717, 1.165) is 42.6 Å². The van der Waals surface area contributed by atoms with Gasteiger partial charge in [0.05, 0.1) is 7.11 Å². The fraction of sp³-hybridized carbons (Fsp3) is 0.350. The molecule has 0 saturated carbocycles. The topological polar surface area (TPSA) is 63.3 Å². The molecule has 0 radical (unpaired) electrons. The summed E-state index contributed by atoms with van der Waals surface area (Å²) in [6, 6.07) is 13.3. The molecule has 2 aliphatic rings. The third kappa shape index (κ3) is 4.09. The molecule has 0 aliphatic carbocycles. The first kappa shape index (κ1) is 17.5. The number of carbonyl (C=O) groups excluding carboxylic acids is 1. The number of nitrogens with one attached hydrogen (secondary N) is 1. The standard InChI is InChI=1S/C20H23N3O4/c1-25-17-5-3-16(4-6-17)21-20(24)23-10-8-22(9-11-23)13-15-2-7-18-19(12-15)27-14-26-18/h2-7,12H,8-11,13-14H2,1H3,(H,21,24). The lowest BCUT2D eigenvalue weighted by molar-refractivity contribution is 0.143. The lowest BCUT2D eigenvalue weighted by Gasteiger charge is -2.34. The molecule has 1 fully saturated rings. The van der Waals surface area contributed by atoms with Gasteiger partial charge in [0.2, 0.25) is 6.79 Å². The molecule has 4 rings (SSSR count). The van der Waals surface area contributed by atoms with Gasteiger partial charge in [0, 0.05) is 38.4 Å². The highest BCUT2D eigenvalue weighted by molar-refractivity contribution is 5.89. The monoisotopic (exact) mass is 369 g/mol. The van der Waals surface area contributed by atoms with Gasteiger partial charge in [-0.25, -0.2) is 4.79 Å². The molecule has 2 aromatic rings. The maximum Gasteiger partial charge on any atom is 0.321 e. The molecule has 27 heavy (non-hydrogen) atoms. The summed E-state index contributed by atoms with van der Waals surface area (Å²) in [6.45, 7) is 4.21. The molecule has 0 spiro atoms. The Hall–Kier alpha value is -2.93. The van der Waals surface area contributed by atoms with Gasteiger partial charge < -0.3 is 24.4 Å². The third-order valence-corrected chi connectivity index (χ3v) is 4.84. The number of benzene rings is 2. The summed E-state index contributed by atoms with van der Waals surface area (Å²) >= 11 is 0. The van der Waals surface area contributed by atoms with Crippen molar-refractivity contribution in [3.8, 4) is 17.2 Å². The fourth-order valence-corrected chi connectivity index (χ4v) is 3.28. The van der Waals surface area contributed by atoms with Crippen LogP contribution in [0.3, 0.4) is 0 Å². The van der Waals surface area contributed by atoms with E-state index in [1.54, 1.807) is 7.11 Å². The summed E-state index contributed by atoms with van der Waals surface area (Å²) in [5.41, 5.74) is 1.96. The number of methoxy groups -OCH3 is 1. The number of amides is 2. The highest BCUT2D eigenvalue weighted by Gasteiger charge is 2.22. The molecular formula is C20H23N3O4. The van der Waals surface area contributed by atoms with Crippen molar-refractivity contribution in [2.45, 2.75) is 6.54 Å². The Bertz CT molecular complexity index is 801. The average molecular weight is 369 g/mol. The third-order valence-electron chi connectivity index (χ3n) is 4.84. The second kappa shape index (κ2) is 7.75. The Morgan fingerprint density at radius 3 is 2.52 bits per heavy atom. The zero-order valence-corrected chi connectivity index (χ0v) is 15.3. The lowest BCUT2D eigenvalue weighted by atomic mass is 10.1. The SMILES string of the molecule is COc1ccc(NC(=O)N2CCN(Cc3ccc4c(c3)OCO4)CC2)cc1. The maximum absolute atomic E-state index is 12.4. The Balaban J connectivity index is 1.27. The van der Waals surface area contributed by atoms with Crippen molar-refractivity contribution in [2.75, 3.05) is 45.4 Å². The van der Waals surface area contributed by atoms with Gasteiger partial charge in [-0.2, -0.15) is 0 Å². The second-order valence-electron chi connectivity index (χ2n) is 6.61. The van der Waals surface area contributed by atoms with Crippen LogP contribution in [-0.2, 0) is 6.54 Å². The molecule has 7 nitrogen and oxygen atoms in total. The van der Waals surface area contributed by atoms with E-state index >= 15 is 0 Å². The molecule has 2 amide bonds. The van der Waals surface area contributed by atoms with Gasteiger partial charge in [0.1, 0.15) is 5.75 Å². The number of hydrogen-bond donors (Lipinski definition) is 1. The molecule has 0 bridgehead atoms. The van der Waals surface area contributed by atoms with Gasteiger partial charge in [-0.1, -0.05) is 6.07 Å². The van der Waals surface area contributed by atoms with Crippen LogP contribution in [0.15, 0.2) is 42.5 Å². The van der Waals surface area contributed by atoms with Crippen LogP contribution in [0.4, 0.5) is 10.5 Å². The number of urea groups is 1. The van der Waals surface area contributed by atoms with Crippen molar-refractivity contribution in [1.82, 2.24) is 9.80 Å². The Labute approximate surface area is 158 Å². The van der Waals surface area contributed by atoms with Crippen LogP contribution in [-0.4, -0.2) is 55.9 Å². The van der Waals surface area contributed by atoms with Gasteiger partial charge in [-0.15, -0.1) is 0 Å². The van der Waals surface area contributed by atoms with Crippen LogP contribution in [0.5, 0.6) is 17.2 Å². The van der Waals surface area contributed by atoms with E-state index < -0.39 is 0 Å². The van der Waals surface area contributed by atoms with Crippen LogP contribution in [0, 0.1) is 0 Å². The first-order chi connectivity index (χ1) is 13.2. The van der Waals surface area contributed by atoms with Crippen LogP contribution in [0.2, 0.25) is 0 Å². The first-order valence-corrected chi connectivity index (χ1v) is 9.02. The Morgan fingerprint density at radius 1 is 1.04 bits per heavy atom. The van der Waals surface area contributed by atoms with Gasteiger partial charge in [-0.3, -0.25) is 4.90 Å². The summed E-state index contributed by atoms with van der Waals surface area (Å²) in [5.74, 6) is 2.38. The molecule has 0 aromatic heterocycles. The average Bonchev–Trinajstić information content (AvgIpc) is 3.17. The Kier molecular flexibility index (Phi) is 5.02. The minimum Gasteiger partial charge on any atom is -0.497 e. The van der Waals surface area contributed by atoms with E-state index in [4.69, 9.17) is 14.2 Å². The minimum atomic E-state index is -0.0668. The normalized spacial score (nSPS) is 16.3. The predicted molar refractivity (Wildman–Crippen MR) is 101 cm³/mol. The molecule has 2 aromatic carbocycles. The number of anilines is 1. The summed E-state index contributed by atoms with van der Waals surface area (Å²) in [6.07, 6.45) is 0. The summed E-state index contributed by atoms with van der Waals surface area (Å²) in [4.78, 5) is 16.6. The first-order valence-electron chi connectivity index (χ1n) is 9.02. The van der Waals surface area contributed by atoms with Crippen LogP contribution in [0.25, 0.3) is 0 Å². The van der Waals surface area contributed by atoms with Crippen molar-refractivity contribution in [3.63, 3.8) is 0 Å². The predicted octanol–water partition coefficient (Wildman–Crippen LogP) is 2.77. The molecular weight excluding hydrogens is 346 g/mol. The van der Waals surface area contributed by atoms with Crippen molar-refractivity contribution in [1.29, 1.82) is 0 Å². The van der Waals surface area contributed by atoms with Crippen LogP contribution in [0.1, 0.15) is 5.56 Å². The number of hydrogen-bond acceptors (Lipinski definition) is 5. The second-order valence-corrected chi connectivity index (χ2v) is 6.61. The van der Waals surface area contributed by atoms with E-state index in [-0.39, 0.29) is 6.03 Å². The number of piperazine rings is 1. The molecule has 2 aliphatic heterocycles. The van der Waals surface area contributed by atoms with Gasteiger partial charge in [0.25, 0.3) is 0 Å². The lowest BCUT2D eigenvalue weighted by Crippen LogP contribution is -2.49. The smallest absolute Gasteiger partial charge is 0.321 e. The largest absolute Gasteiger partial charge is 0.497 e. The van der Waals surface area contributed by atoms with Crippen molar-refractivity contribution >= 4 is 11.7 Å². The molecule has 0 atom stereocenters. The van der Waals surface area contributed by atoms with E-state index in [0.29, 0.717) is 19.9 Å². The number of nitrogens with zero attached hydrogens (tertiary/aromatic N) is 2. The zero-order chi connectivity index (χ0) is 18.6. The molecule has 1 saturated heterocycles. The number of ether oxygens (including phenoxy) is 3. The molecule has 0 unspecified atom stereocenters. The van der Waals surface area contributed by atoms with Crippen LogP contribution >= 0.6 is 0 Å². The molecule has 2 heterocycles. The maximum atomic E-state index is 12.4. The summed E-state index contributed by atoms with van der Waals surface area (Å²) < 4.78 is 15.9. The highest BCUT2D eigenvalue weighted by atomic mass is 16.7. The quantitative estimate of drug-likeness (QED) is 0.898. The van der Waals surface area contributed by atoms with E-state index in [9.17, 15) is 4.79 Å². The van der Waals surface area contributed by atoms with Crippen molar-refractivity contribution in [2.24, 2.45) is 0 Å². The van der Waals surface area contributed by atoms with Crippen LogP contribution < -0.4 is 19.5 Å². The molecule has 1 N–H and O–H groups in total. The van der Waals surface area contributed by atoms with Crippen molar-refractivity contribution in [3.05, 3.63) is 48.0 Å². The minimum absolute atomic E-state index is 0.0668. The zero-order valence-electron chi connectivity index (χ0n) is 15.3. The van der Waals surface area contributed by atoms with Gasteiger partial charge in [-0.05, 0) is 42.0 Å². The fourth-order valence-electron chi connectivity index (χ4n) is 3.28. The van der Waals surface area contributed by atoms with Gasteiger partial charge in [0.15, 0.2) is 11.5 Å². The molecule has 7 heteroatoms. The summed E-state index contributed by atoms with van der Waals surface area (Å²) in [5, 5.41) is 2.94. The van der Waals surface area contributed by atoms with E-state index in [2.05, 4.69) is 16.3 Å². The summed E-state index contributed by atoms with van der Waals surface area (Å²) in [7, 11) is 1.62. The van der Waals surface area contributed by atoms with E-state index in [1.807, 2.05) is 41.3 Å². The molecule has 142 valence electrons. The Morgan fingerprint density at radius 2 is 1.78 bits per heavy atom. The highest BCUT2D eigenvalue weighted by Crippen LogP contribution is 2.32. The number of fused-ring (bicyclic) bond motifs is 1. The van der Waals surface area contributed by atoms with Crippen molar-refractivity contribution < 1.29 is 19.0 Å². The van der Waals surface area contributed by atoms with Gasteiger partial charge >= 0.3 is 6.03 Å².